The van der Waals surface area contributed by atoms with E-state index in [0.29, 0.717) is 22.4 Å². The molecule has 7 heteroatoms. The normalized spacial score (nSPS) is 10.3. The number of carbonyl (C=O) groups is 1. The molecule has 5 nitrogen and oxygen atoms in total. The molecule has 0 atom stereocenters. The van der Waals surface area contributed by atoms with Crippen LogP contribution in [0.1, 0.15) is 16.1 Å². The summed E-state index contributed by atoms with van der Waals surface area (Å²) in [7, 11) is 0. The Morgan fingerprint density at radius 1 is 0.840 bits per heavy atom. The van der Waals surface area contributed by atoms with Gasteiger partial charge in [0.2, 0.25) is 0 Å². The summed E-state index contributed by atoms with van der Waals surface area (Å²) >= 11 is 11.7. The Labute approximate surface area is 155 Å². The van der Waals surface area contributed by atoms with Gasteiger partial charge in [0.05, 0.1) is 0 Å². The summed E-state index contributed by atoms with van der Waals surface area (Å²) in [5.41, 5.74) is 2.03. The van der Waals surface area contributed by atoms with Crippen LogP contribution in [-0.4, -0.2) is 16.1 Å². The smallest absolute Gasteiger partial charge is 0.272 e. The lowest BCUT2D eigenvalue weighted by atomic mass is 10.2. The van der Waals surface area contributed by atoms with Gasteiger partial charge in [-0.05, 0) is 54.1 Å². The Balaban J connectivity index is 1.58. The Morgan fingerprint density at radius 2 is 1.48 bits per heavy atom. The molecular formula is C18H14Cl2N4O. The summed E-state index contributed by atoms with van der Waals surface area (Å²) in [4.78, 5) is 12.1. The third kappa shape index (κ3) is 4.92. The zero-order chi connectivity index (χ0) is 17.6. The number of anilines is 2. The van der Waals surface area contributed by atoms with E-state index in [0.717, 1.165) is 11.3 Å². The van der Waals surface area contributed by atoms with Crippen molar-refractivity contribution >= 4 is 40.6 Å². The average Bonchev–Trinajstić information content (AvgIpc) is 2.63. The Hall–Kier alpha value is -2.63. The van der Waals surface area contributed by atoms with Crippen LogP contribution >= 0.6 is 23.2 Å². The minimum absolute atomic E-state index is 0.246. The molecule has 0 radical (unpaired) electrons. The van der Waals surface area contributed by atoms with E-state index in [4.69, 9.17) is 23.2 Å². The first-order valence-electron chi connectivity index (χ1n) is 7.49. The molecule has 0 saturated heterocycles. The summed E-state index contributed by atoms with van der Waals surface area (Å²) in [5, 5.41) is 15.1. The SMILES string of the molecule is O=C(NCc1ccc(Cl)cc1)c1ccc(Nc2ccc(Cl)cc2)nn1. The number of hydrogen-bond donors (Lipinski definition) is 2. The highest BCUT2D eigenvalue weighted by atomic mass is 35.5. The van der Waals surface area contributed by atoms with E-state index in [9.17, 15) is 4.79 Å². The topological polar surface area (TPSA) is 66.9 Å². The highest BCUT2D eigenvalue weighted by Crippen LogP contribution is 2.17. The van der Waals surface area contributed by atoms with Gasteiger partial charge in [-0.25, -0.2) is 0 Å². The summed E-state index contributed by atoms with van der Waals surface area (Å²) in [5.74, 6) is 0.247. The van der Waals surface area contributed by atoms with E-state index in [2.05, 4.69) is 20.8 Å². The van der Waals surface area contributed by atoms with E-state index in [1.807, 2.05) is 24.3 Å². The molecule has 2 N–H and O–H groups in total. The third-order valence-electron chi connectivity index (χ3n) is 3.38. The minimum atomic E-state index is -0.291. The molecular weight excluding hydrogens is 359 g/mol. The lowest BCUT2D eigenvalue weighted by Crippen LogP contribution is -2.24. The van der Waals surface area contributed by atoms with Gasteiger partial charge in [-0.15, -0.1) is 10.2 Å². The van der Waals surface area contributed by atoms with Crippen LogP contribution in [0.15, 0.2) is 60.7 Å². The van der Waals surface area contributed by atoms with Gasteiger partial charge in [0.25, 0.3) is 5.91 Å². The largest absolute Gasteiger partial charge is 0.347 e. The second kappa shape index (κ2) is 7.96. The predicted molar refractivity (Wildman–Crippen MR) is 99.4 cm³/mol. The van der Waals surface area contributed by atoms with Gasteiger partial charge in [0, 0.05) is 22.3 Å². The highest BCUT2D eigenvalue weighted by molar-refractivity contribution is 6.30. The van der Waals surface area contributed by atoms with Crippen LogP contribution in [0.2, 0.25) is 10.0 Å². The number of hydrogen-bond acceptors (Lipinski definition) is 4. The van der Waals surface area contributed by atoms with Gasteiger partial charge in [-0.3, -0.25) is 4.79 Å². The van der Waals surface area contributed by atoms with Crippen molar-refractivity contribution < 1.29 is 4.79 Å². The molecule has 1 amide bonds. The van der Waals surface area contributed by atoms with Crippen LogP contribution in [0.25, 0.3) is 0 Å². The number of rotatable bonds is 5. The quantitative estimate of drug-likeness (QED) is 0.693. The van der Waals surface area contributed by atoms with Crippen molar-refractivity contribution in [1.82, 2.24) is 15.5 Å². The number of halogens is 2. The van der Waals surface area contributed by atoms with Gasteiger partial charge in [0.1, 0.15) is 0 Å². The molecule has 0 aliphatic rings. The zero-order valence-electron chi connectivity index (χ0n) is 13.0. The lowest BCUT2D eigenvalue weighted by Gasteiger charge is -2.07. The third-order valence-corrected chi connectivity index (χ3v) is 3.88. The standard InChI is InChI=1S/C18H14Cl2N4O/c19-13-3-1-12(2-4-13)11-21-18(25)16-9-10-17(24-23-16)22-15-7-5-14(20)6-8-15/h1-10H,11H2,(H,21,25)(H,22,24). The van der Waals surface area contributed by atoms with Gasteiger partial charge in [-0.1, -0.05) is 35.3 Å². The molecule has 0 fully saturated rings. The number of aromatic nitrogens is 2. The second-order valence-electron chi connectivity index (χ2n) is 5.24. The van der Waals surface area contributed by atoms with Crippen molar-refractivity contribution in [3.05, 3.63) is 82.0 Å². The van der Waals surface area contributed by atoms with E-state index in [-0.39, 0.29) is 11.6 Å². The predicted octanol–water partition coefficient (Wildman–Crippen LogP) is 4.46. The number of nitrogens with zero attached hydrogens (tertiary/aromatic N) is 2. The molecule has 0 aliphatic carbocycles. The van der Waals surface area contributed by atoms with Gasteiger partial charge < -0.3 is 10.6 Å². The van der Waals surface area contributed by atoms with Gasteiger partial charge in [-0.2, -0.15) is 0 Å². The van der Waals surface area contributed by atoms with Crippen LogP contribution < -0.4 is 10.6 Å². The van der Waals surface area contributed by atoms with E-state index < -0.39 is 0 Å². The number of carbonyl (C=O) groups excluding carboxylic acids is 1. The van der Waals surface area contributed by atoms with Crippen molar-refractivity contribution in [2.45, 2.75) is 6.54 Å². The fourth-order valence-corrected chi connectivity index (χ4v) is 2.33. The van der Waals surface area contributed by atoms with Crippen LogP contribution in [0.5, 0.6) is 0 Å². The van der Waals surface area contributed by atoms with Crippen molar-refractivity contribution in [2.24, 2.45) is 0 Å². The van der Waals surface area contributed by atoms with Crippen LogP contribution in [0.3, 0.4) is 0 Å². The van der Waals surface area contributed by atoms with E-state index in [1.165, 1.54) is 0 Å². The van der Waals surface area contributed by atoms with E-state index >= 15 is 0 Å². The monoisotopic (exact) mass is 372 g/mol. The Morgan fingerprint density at radius 3 is 2.08 bits per heavy atom. The minimum Gasteiger partial charge on any atom is -0.347 e. The number of nitrogens with one attached hydrogen (secondary N) is 2. The highest BCUT2D eigenvalue weighted by Gasteiger charge is 2.08. The fraction of sp³-hybridized carbons (Fsp3) is 0.0556. The van der Waals surface area contributed by atoms with Gasteiger partial charge >= 0.3 is 0 Å². The number of amides is 1. The first-order chi connectivity index (χ1) is 12.1. The fourth-order valence-electron chi connectivity index (χ4n) is 2.08. The maximum atomic E-state index is 12.1. The molecule has 0 spiro atoms. The summed E-state index contributed by atoms with van der Waals surface area (Å²) in [6.07, 6.45) is 0. The molecule has 0 aliphatic heterocycles. The molecule has 0 bridgehead atoms. The van der Waals surface area contributed by atoms with Crippen LogP contribution in [-0.2, 0) is 6.54 Å². The molecule has 1 heterocycles. The molecule has 0 unspecified atom stereocenters. The van der Waals surface area contributed by atoms with E-state index in [1.54, 1.807) is 36.4 Å². The van der Waals surface area contributed by atoms with Crippen molar-refractivity contribution in [3.8, 4) is 0 Å². The van der Waals surface area contributed by atoms with Crippen LogP contribution in [0.4, 0.5) is 11.5 Å². The lowest BCUT2D eigenvalue weighted by molar-refractivity contribution is 0.0945. The maximum absolute atomic E-state index is 12.1. The molecule has 3 aromatic rings. The summed E-state index contributed by atoms with van der Waals surface area (Å²) in [6, 6.07) is 17.8. The zero-order valence-corrected chi connectivity index (χ0v) is 14.6. The first kappa shape index (κ1) is 17.2. The summed E-state index contributed by atoms with van der Waals surface area (Å²) in [6.45, 7) is 0.391. The first-order valence-corrected chi connectivity index (χ1v) is 8.25. The molecule has 1 aromatic heterocycles. The Kier molecular flexibility index (Phi) is 5.48. The molecule has 2 aromatic carbocycles. The molecule has 25 heavy (non-hydrogen) atoms. The Bertz CT molecular complexity index is 850. The number of benzene rings is 2. The average molecular weight is 373 g/mol. The molecule has 0 saturated carbocycles. The van der Waals surface area contributed by atoms with Crippen molar-refractivity contribution in [2.75, 3.05) is 5.32 Å². The maximum Gasteiger partial charge on any atom is 0.272 e. The van der Waals surface area contributed by atoms with Crippen molar-refractivity contribution in [3.63, 3.8) is 0 Å². The van der Waals surface area contributed by atoms with Gasteiger partial charge in [0.15, 0.2) is 11.5 Å². The molecule has 3 rings (SSSR count). The summed E-state index contributed by atoms with van der Waals surface area (Å²) < 4.78 is 0. The second-order valence-corrected chi connectivity index (χ2v) is 6.12. The van der Waals surface area contributed by atoms with Crippen LogP contribution in [0, 0.1) is 0 Å². The van der Waals surface area contributed by atoms with Crippen molar-refractivity contribution in [1.29, 1.82) is 0 Å². The molecule has 126 valence electrons.